The average molecular weight is 169 g/mol. The Morgan fingerprint density at radius 1 is 1.58 bits per heavy atom. The number of amides is 1. The zero-order valence-electron chi connectivity index (χ0n) is 6.54. The van der Waals surface area contributed by atoms with E-state index in [0.29, 0.717) is 6.42 Å². The summed E-state index contributed by atoms with van der Waals surface area (Å²) in [5.41, 5.74) is 0. The lowest BCUT2D eigenvalue weighted by Gasteiger charge is -1.99. The van der Waals surface area contributed by atoms with E-state index in [2.05, 4.69) is 15.3 Å². The van der Waals surface area contributed by atoms with Crippen LogP contribution in [-0.4, -0.2) is 15.9 Å². The lowest BCUT2D eigenvalue weighted by atomic mass is 10.5. The van der Waals surface area contributed by atoms with Crippen molar-refractivity contribution in [3.63, 3.8) is 0 Å². The summed E-state index contributed by atoms with van der Waals surface area (Å²) in [6.45, 7) is 1.71. The second kappa shape index (κ2) is 3.75. The van der Waals surface area contributed by atoms with Crippen molar-refractivity contribution in [2.75, 3.05) is 5.32 Å². The van der Waals surface area contributed by atoms with E-state index in [4.69, 9.17) is 0 Å². The van der Waals surface area contributed by atoms with Crippen LogP contribution in [0.15, 0.2) is 12.4 Å². The molecule has 0 saturated carbocycles. The molecular formula is C7H8FN3O. The first-order valence-electron chi connectivity index (χ1n) is 3.49. The molecule has 0 unspecified atom stereocenters. The molecule has 1 N–H and O–H groups in total. The van der Waals surface area contributed by atoms with Gasteiger partial charge in [-0.3, -0.25) is 10.1 Å². The zero-order valence-corrected chi connectivity index (χ0v) is 6.54. The van der Waals surface area contributed by atoms with Crippen molar-refractivity contribution in [3.8, 4) is 0 Å². The van der Waals surface area contributed by atoms with Crippen LogP contribution in [0.5, 0.6) is 0 Å². The standard InChI is InChI=1S/C7H8FN3O/c1-2-6(12)11-7-9-3-5(8)4-10-7/h3-4H,2H2,1H3,(H,9,10,11,12). The molecule has 1 aromatic rings. The van der Waals surface area contributed by atoms with Crippen LogP contribution >= 0.6 is 0 Å². The Hall–Kier alpha value is -1.52. The number of carbonyl (C=O) groups is 1. The normalized spacial score (nSPS) is 9.50. The van der Waals surface area contributed by atoms with E-state index in [1.54, 1.807) is 6.92 Å². The number of anilines is 1. The van der Waals surface area contributed by atoms with Gasteiger partial charge in [0.25, 0.3) is 0 Å². The van der Waals surface area contributed by atoms with Gasteiger partial charge in [0.2, 0.25) is 11.9 Å². The third kappa shape index (κ3) is 2.26. The van der Waals surface area contributed by atoms with Gasteiger partial charge in [0.15, 0.2) is 5.82 Å². The molecule has 0 atom stereocenters. The minimum Gasteiger partial charge on any atom is -0.295 e. The topological polar surface area (TPSA) is 54.9 Å². The van der Waals surface area contributed by atoms with E-state index in [1.807, 2.05) is 0 Å². The SMILES string of the molecule is CCC(=O)Nc1ncc(F)cn1. The maximum absolute atomic E-state index is 12.3. The minimum absolute atomic E-state index is 0.128. The maximum Gasteiger partial charge on any atom is 0.229 e. The molecule has 0 fully saturated rings. The fraction of sp³-hybridized carbons (Fsp3) is 0.286. The summed E-state index contributed by atoms with van der Waals surface area (Å²) >= 11 is 0. The molecule has 0 aliphatic rings. The molecule has 12 heavy (non-hydrogen) atoms. The number of nitrogens with zero attached hydrogens (tertiary/aromatic N) is 2. The van der Waals surface area contributed by atoms with E-state index < -0.39 is 5.82 Å². The van der Waals surface area contributed by atoms with Crippen LogP contribution in [0.1, 0.15) is 13.3 Å². The van der Waals surface area contributed by atoms with Crippen molar-refractivity contribution >= 4 is 11.9 Å². The zero-order chi connectivity index (χ0) is 8.97. The molecule has 64 valence electrons. The molecule has 0 saturated heterocycles. The van der Waals surface area contributed by atoms with Crippen molar-refractivity contribution in [1.29, 1.82) is 0 Å². The highest BCUT2D eigenvalue weighted by Gasteiger charge is 2.00. The third-order valence-electron chi connectivity index (χ3n) is 1.19. The molecule has 0 aromatic carbocycles. The fourth-order valence-corrected chi connectivity index (χ4v) is 0.590. The number of hydrogen-bond donors (Lipinski definition) is 1. The molecule has 0 aliphatic heterocycles. The summed E-state index contributed by atoms with van der Waals surface area (Å²) in [5, 5.41) is 2.39. The lowest BCUT2D eigenvalue weighted by molar-refractivity contribution is -0.115. The highest BCUT2D eigenvalue weighted by molar-refractivity contribution is 5.88. The number of aromatic nitrogens is 2. The number of hydrogen-bond acceptors (Lipinski definition) is 3. The summed E-state index contributed by atoms with van der Waals surface area (Å²) in [5.74, 6) is -0.589. The number of halogens is 1. The smallest absolute Gasteiger partial charge is 0.229 e. The molecule has 0 bridgehead atoms. The van der Waals surface area contributed by atoms with Gasteiger partial charge in [-0.15, -0.1) is 0 Å². The van der Waals surface area contributed by atoms with Gasteiger partial charge < -0.3 is 0 Å². The quantitative estimate of drug-likeness (QED) is 0.717. The Morgan fingerprint density at radius 3 is 2.67 bits per heavy atom. The lowest BCUT2D eigenvalue weighted by Crippen LogP contribution is -2.12. The van der Waals surface area contributed by atoms with Crippen LogP contribution < -0.4 is 5.32 Å². The molecule has 0 spiro atoms. The van der Waals surface area contributed by atoms with Gasteiger partial charge in [-0.2, -0.15) is 0 Å². The Morgan fingerprint density at radius 2 is 2.17 bits per heavy atom. The van der Waals surface area contributed by atoms with Crippen LogP contribution in [0, 0.1) is 5.82 Å². The molecule has 1 heterocycles. The second-order valence-corrected chi connectivity index (χ2v) is 2.13. The summed E-state index contributed by atoms with van der Waals surface area (Å²) in [6.07, 6.45) is 2.34. The molecule has 1 aromatic heterocycles. The summed E-state index contributed by atoms with van der Waals surface area (Å²) in [6, 6.07) is 0. The van der Waals surface area contributed by atoms with Crippen molar-refractivity contribution in [1.82, 2.24) is 9.97 Å². The highest BCUT2D eigenvalue weighted by Crippen LogP contribution is 1.98. The Bertz CT molecular complexity index is 272. The molecular weight excluding hydrogens is 161 g/mol. The molecule has 0 aliphatic carbocycles. The van der Waals surface area contributed by atoms with Crippen molar-refractivity contribution in [2.45, 2.75) is 13.3 Å². The second-order valence-electron chi connectivity index (χ2n) is 2.13. The molecule has 0 radical (unpaired) electrons. The van der Waals surface area contributed by atoms with Gasteiger partial charge in [0.1, 0.15) is 0 Å². The number of carbonyl (C=O) groups excluding carboxylic acids is 1. The predicted octanol–water partition coefficient (Wildman–Crippen LogP) is 0.964. The molecule has 5 heteroatoms. The summed E-state index contributed by atoms with van der Waals surface area (Å²) in [4.78, 5) is 17.9. The summed E-state index contributed by atoms with van der Waals surface area (Å²) in [7, 11) is 0. The van der Waals surface area contributed by atoms with Gasteiger partial charge in [0, 0.05) is 6.42 Å². The van der Waals surface area contributed by atoms with E-state index in [9.17, 15) is 9.18 Å². The molecule has 1 amide bonds. The predicted molar refractivity (Wildman–Crippen MR) is 40.9 cm³/mol. The first-order chi connectivity index (χ1) is 5.72. The third-order valence-corrected chi connectivity index (χ3v) is 1.19. The van der Waals surface area contributed by atoms with Crippen LogP contribution in [0.4, 0.5) is 10.3 Å². The van der Waals surface area contributed by atoms with Gasteiger partial charge in [-0.1, -0.05) is 6.92 Å². The van der Waals surface area contributed by atoms with E-state index >= 15 is 0 Å². The van der Waals surface area contributed by atoms with Crippen LogP contribution in [-0.2, 0) is 4.79 Å². The largest absolute Gasteiger partial charge is 0.295 e. The van der Waals surface area contributed by atoms with E-state index in [0.717, 1.165) is 12.4 Å². The van der Waals surface area contributed by atoms with E-state index in [1.165, 1.54) is 0 Å². The number of nitrogens with one attached hydrogen (secondary N) is 1. The van der Waals surface area contributed by atoms with Crippen LogP contribution in [0.25, 0.3) is 0 Å². The summed E-state index contributed by atoms with van der Waals surface area (Å²) < 4.78 is 12.3. The van der Waals surface area contributed by atoms with Crippen LogP contribution in [0.3, 0.4) is 0 Å². The highest BCUT2D eigenvalue weighted by atomic mass is 19.1. The Balaban J connectivity index is 2.64. The Kier molecular flexibility index (Phi) is 2.68. The average Bonchev–Trinajstić information content (AvgIpc) is 2.09. The van der Waals surface area contributed by atoms with Crippen molar-refractivity contribution in [3.05, 3.63) is 18.2 Å². The van der Waals surface area contributed by atoms with Crippen LogP contribution in [0.2, 0.25) is 0 Å². The number of rotatable bonds is 2. The van der Waals surface area contributed by atoms with Crippen molar-refractivity contribution < 1.29 is 9.18 Å². The first kappa shape index (κ1) is 8.58. The Labute approximate surface area is 68.8 Å². The monoisotopic (exact) mass is 169 g/mol. The maximum atomic E-state index is 12.3. The molecule has 1 rings (SSSR count). The van der Waals surface area contributed by atoms with Crippen molar-refractivity contribution in [2.24, 2.45) is 0 Å². The van der Waals surface area contributed by atoms with Gasteiger partial charge in [-0.25, -0.2) is 14.4 Å². The minimum atomic E-state index is -0.524. The van der Waals surface area contributed by atoms with Gasteiger partial charge in [-0.05, 0) is 0 Å². The fourth-order valence-electron chi connectivity index (χ4n) is 0.590. The van der Waals surface area contributed by atoms with Gasteiger partial charge in [0.05, 0.1) is 12.4 Å². The molecule has 4 nitrogen and oxygen atoms in total. The first-order valence-corrected chi connectivity index (χ1v) is 3.49. The van der Waals surface area contributed by atoms with Gasteiger partial charge >= 0.3 is 0 Å². The van der Waals surface area contributed by atoms with E-state index in [-0.39, 0.29) is 11.9 Å².